The summed E-state index contributed by atoms with van der Waals surface area (Å²) >= 11 is 6.02. The Morgan fingerprint density at radius 3 is 2.75 bits per heavy atom. The van der Waals surface area contributed by atoms with Crippen LogP contribution in [-0.2, 0) is 0 Å². The molecule has 5 heteroatoms. The fraction of sp³-hybridized carbons (Fsp3) is 0.133. The van der Waals surface area contributed by atoms with Gasteiger partial charge in [-0.1, -0.05) is 23.7 Å². The highest BCUT2D eigenvalue weighted by Crippen LogP contribution is 2.30. The number of amides is 1. The molecule has 20 heavy (non-hydrogen) atoms. The van der Waals surface area contributed by atoms with Gasteiger partial charge in [-0.2, -0.15) is 0 Å². The van der Waals surface area contributed by atoms with Gasteiger partial charge >= 0.3 is 0 Å². The van der Waals surface area contributed by atoms with E-state index in [-0.39, 0.29) is 17.1 Å². The number of para-hydroxylation sites is 1. The fourth-order valence-corrected chi connectivity index (χ4v) is 1.96. The van der Waals surface area contributed by atoms with E-state index in [0.717, 1.165) is 5.56 Å². The average molecular weight is 292 g/mol. The van der Waals surface area contributed by atoms with Gasteiger partial charge in [0.05, 0.1) is 23.4 Å². The van der Waals surface area contributed by atoms with Crippen LogP contribution in [0.3, 0.4) is 0 Å². The largest absolute Gasteiger partial charge is 0.504 e. The Morgan fingerprint density at radius 1 is 1.30 bits per heavy atom. The molecule has 2 aromatic carbocycles. The molecular weight excluding hydrogens is 278 g/mol. The number of phenols is 1. The Bertz CT molecular complexity index is 656. The average Bonchev–Trinajstić information content (AvgIpc) is 2.43. The first-order valence-corrected chi connectivity index (χ1v) is 6.34. The number of phenolic OH excluding ortho intramolecular Hbond substituents is 1. The molecule has 0 aliphatic heterocycles. The van der Waals surface area contributed by atoms with E-state index in [9.17, 15) is 9.90 Å². The van der Waals surface area contributed by atoms with E-state index in [4.69, 9.17) is 16.3 Å². The van der Waals surface area contributed by atoms with Crippen molar-refractivity contribution in [3.8, 4) is 11.5 Å². The third-order valence-electron chi connectivity index (χ3n) is 2.83. The number of nitrogens with one attached hydrogen (secondary N) is 1. The molecule has 1 amide bonds. The number of aryl methyl sites for hydroxylation is 1. The van der Waals surface area contributed by atoms with Crippen LogP contribution in [0.5, 0.6) is 11.5 Å². The summed E-state index contributed by atoms with van der Waals surface area (Å²) in [4.78, 5) is 12.2. The molecule has 2 rings (SSSR count). The number of hydrogen-bond donors (Lipinski definition) is 2. The Hall–Kier alpha value is -2.20. The summed E-state index contributed by atoms with van der Waals surface area (Å²) in [6.07, 6.45) is 0. The quantitative estimate of drug-likeness (QED) is 0.908. The van der Waals surface area contributed by atoms with Gasteiger partial charge in [-0.05, 0) is 36.8 Å². The molecule has 0 heterocycles. The predicted molar refractivity (Wildman–Crippen MR) is 78.8 cm³/mol. The van der Waals surface area contributed by atoms with Gasteiger partial charge in [-0.25, -0.2) is 0 Å². The van der Waals surface area contributed by atoms with Crippen LogP contribution in [0.1, 0.15) is 15.9 Å². The molecule has 0 atom stereocenters. The van der Waals surface area contributed by atoms with Crippen molar-refractivity contribution in [1.29, 1.82) is 0 Å². The summed E-state index contributed by atoms with van der Waals surface area (Å²) in [6.45, 7) is 1.90. The van der Waals surface area contributed by atoms with Crippen LogP contribution in [0, 0.1) is 6.92 Å². The Kier molecular flexibility index (Phi) is 4.15. The van der Waals surface area contributed by atoms with Crippen molar-refractivity contribution in [1.82, 2.24) is 0 Å². The zero-order chi connectivity index (χ0) is 14.7. The van der Waals surface area contributed by atoms with E-state index in [0.29, 0.717) is 10.7 Å². The highest BCUT2D eigenvalue weighted by molar-refractivity contribution is 6.34. The van der Waals surface area contributed by atoms with Crippen LogP contribution in [0.15, 0.2) is 36.4 Å². The van der Waals surface area contributed by atoms with E-state index < -0.39 is 5.91 Å². The van der Waals surface area contributed by atoms with Crippen molar-refractivity contribution in [2.24, 2.45) is 0 Å². The monoisotopic (exact) mass is 291 g/mol. The third kappa shape index (κ3) is 2.86. The normalized spacial score (nSPS) is 10.2. The minimum absolute atomic E-state index is 0.127. The first kappa shape index (κ1) is 14.2. The predicted octanol–water partition coefficient (Wildman–Crippen LogP) is 3.61. The zero-order valence-electron chi connectivity index (χ0n) is 11.1. The molecule has 0 aromatic heterocycles. The van der Waals surface area contributed by atoms with Gasteiger partial charge < -0.3 is 15.2 Å². The Labute approximate surface area is 122 Å². The van der Waals surface area contributed by atoms with E-state index >= 15 is 0 Å². The smallest absolute Gasteiger partial charge is 0.259 e. The van der Waals surface area contributed by atoms with Crippen LogP contribution in [0.2, 0.25) is 5.02 Å². The molecule has 104 valence electrons. The van der Waals surface area contributed by atoms with Crippen LogP contribution in [0.4, 0.5) is 5.69 Å². The second-order valence-electron chi connectivity index (χ2n) is 4.29. The van der Waals surface area contributed by atoms with Gasteiger partial charge in [0.1, 0.15) is 0 Å². The van der Waals surface area contributed by atoms with Crippen molar-refractivity contribution in [3.63, 3.8) is 0 Å². The van der Waals surface area contributed by atoms with Crippen LogP contribution in [0.25, 0.3) is 0 Å². The molecule has 0 fully saturated rings. The minimum atomic E-state index is -0.450. The summed E-state index contributed by atoms with van der Waals surface area (Å²) in [6, 6.07) is 10.0. The number of methoxy groups -OCH3 is 1. The molecule has 0 unspecified atom stereocenters. The topological polar surface area (TPSA) is 58.6 Å². The first-order valence-electron chi connectivity index (χ1n) is 5.96. The summed E-state index contributed by atoms with van der Waals surface area (Å²) in [5, 5.41) is 13.1. The molecular formula is C15H14ClNO3. The van der Waals surface area contributed by atoms with E-state index in [1.807, 2.05) is 13.0 Å². The van der Waals surface area contributed by atoms with Gasteiger partial charge in [-0.15, -0.1) is 0 Å². The lowest BCUT2D eigenvalue weighted by atomic mass is 10.1. The van der Waals surface area contributed by atoms with Gasteiger partial charge in [0.15, 0.2) is 11.5 Å². The second kappa shape index (κ2) is 5.84. The number of anilines is 1. The van der Waals surface area contributed by atoms with E-state index in [1.54, 1.807) is 24.3 Å². The fourth-order valence-electron chi connectivity index (χ4n) is 1.79. The lowest BCUT2D eigenvalue weighted by Crippen LogP contribution is -2.12. The first-order chi connectivity index (χ1) is 9.52. The van der Waals surface area contributed by atoms with Crippen molar-refractivity contribution >= 4 is 23.2 Å². The molecule has 0 aliphatic carbocycles. The Balaban J connectivity index is 2.31. The van der Waals surface area contributed by atoms with Crippen molar-refractivity contribution in [2.75, 3.05) is 12.4 Å². The zero-order valence-corrected chi connectivity index (χ0v) is 11.9. The molecule has 0 saturated heterocycles. The van der Waals surface area contributed by atoms with E-state index in [1.165, 1.54) is 13.2 Å². The number of carbonyl (C=O) groups is 1. The van der Waals surface area contributed by atoms with Gasteiger partial charge in [0.25, 0.3) is 5.91 Å². The van der Waals surface area contributed by atoms with Gasteiger partial charge in [-0.3, -0.25) is 4.79 Å². The Morgan fingerprint density at radius 2 is 2.05 bits per heavy atom. The second-order valence-corrected chi connectivity index (χ2v) is 4.70. The molecule has 0 aliphatic rings. The lowest BCUT2D eigenvalue weighted by Gasteiger charge is -2.11. The van der Waals surface area contributed by atoms with Crippen molar-refractivity contribution in [3.05, 3.63) is 52.5 Å². The molecule has 0 spiro atoms. The van der Waals surface area contributed by atoms with E-state index in [2.05, 4.69) is 5.32 Å². The standard InChI is InChI=1S/C15H14ClNO3/c1-9-6-7-11(16)12(8-9)17-15(19)10-4-3-5-13(20-2)14(10)18/h3-8,18H,1-2H3,(H,17,19). The van der Waals surface area contributed by atoms with Crippen molar-refractivity contribution in [2.45, 2.75) is 6.92 Å². The summed E-state index contributed by atoms with van der Waals surface area (Å²) in [5.41, 5.74) is 1.60. The molecule has 0 saturated carbocycles. The number of rotatable bonds is 3. The number of aromatic hydroxyl groups is 1. The summed E-state index contributed by atoms with van der Waals surface area (Å²) in [7, 11) is 1.42. The number of carbonyl (C=O) groups excluding carboxylic acids is 1. The minimum Gasteiger partial charge on any atom is -0.504 e. The van der Waals surface area contributed by atoms with Gasteiger partial charge in [0.2, 0.25) is 0 Å². The summed E-state index contributed by atoms with van der Waals surface area (Å²) < 4.78 is 4.97. The number of hydrogen-bond acceptors (Lipinski definition) is 3. The highest BCUT2D eigenvalue weighted by Gasteiger charge is 2.15. The van der Waals surface area contributed by atoms with Crippen LogP contribution >= 0.6 is 11.6 Å². The lowest BCUT2D eigenvalue weighted by molar-refractivity contribution is 0.102. The summed E-state index contributed by atoms with van der Waals surface area (Å²) in [5.74, 6) is -0.404. The van der Waals surface area contributed by atoms with Crippen molar-refractivity contribution < 1.29 is 14.6 Å². The van der Waals surface area contributed by atoms with Gasteiger partial charge in [0, 0.05) is 0 Å². The molecule has 2 aromatic rings. The highest BCUT2D eigenvalue weighted by atomic mass is 35.5. The van der Waals surface area contributed by atoms with Crippen LogP contribution < -0.4 is 10.1 Å². The maximum atomic E-state index is 12.2. The molecule has 0 bridgehead atoms. The number of benzene rings is 2. The number of ether oxygens (including phenoxy) is 1. The molecule has 0 radical (unpaired) electrons. The van der Waals surface area contributed by atoms with Crippen LogP contribution in [-0.4, -0.2) is 18.1 Å². The maximum Gasteiger partial charge on any atom is 0.259 e. The number of halogens is 1. The SMILES string of the molecule is COc1cccc(C(=O)Nc2cc(C)ccc2Cl)c1O. The molecule has 2 N–H and O–H groups in total. The third-order valence-corrected chi connectivity index (χ3v) is 3.16. The maximum absolute atomic E-state index is 12.2. The molecule has 4 nitrogen and oxygen atoms in total.